The highest BCUT2D eigenvalue weighted by Crippen LogP contribution is 2.19. The van der Waals surface area contributed by atoms with Crippen LogP contribution in [0.5, 0.6) is 5.75 Å². The quantitative estimate of drug-likeness (QED) is 0.811. The van der Waals surface area contributed by atoms with E-state index in [9.17, 15) is 4.79 Å². The Labute approximate surface area is 123 Å². The number of nitrogens with two attached hydrogens (primary N) is 1. The van der Waals surface area contributed by atoms with Gasteiger partial charge < -0.3 is 20.4 Å². The molecule has 0 amide bonds. The first-order valence-electron chi connectivity index (χ1n) is 7.00. The molecule has 2 aromatic rings. The van der Waals surface area contributed by atoms with Crippen LogP contribution < -0.4 is 21.3 Å². The van der Waals surface area contributed by atoms with Crippen LogP contribution in [0, 0.1) is 0 Å². The van der Waals surface area contributed by atoms with Crippen LogP contribution in [0.4, 0.5) is 11.5 Å². The predicted octanol–water partition coefficient (Wildman–Crippen LogP) is 1.73. The third-order valence-electron chi connectivity index (χ3n) is 2.86. The minimum Gasteiger partial charge on any atom is -0.492 e. The van der Waals surface area contributed by atoms with E-state index in [2.05, 4.69) is 10.3 Å². The van der Waals surface area contributed by atoms with Crippen molar-refractivity contribution in [3.8, 4) is 5.75 Å². The van der Waals surface area contributed by atoms with Gasteiger partial charge in [0.2, 0.25) is 0 Å². The van der Waals surface area contributed by atoms with Crippen LogP contribution in [0.3, 0.4) is 0 Å². The number of rotatable bonds is 7. The first-order chi connectivity index (χ1) is 10.2. The van der Waals surface area contributed by atoms with Gasteiger partial charge in [0, 0.05) is 37.2 Å². The van der Waals surface area contributed by atoms with Crippen molar-refractivity contribution in [2.75, 3.05) is 18.5 Å². The summed E-state index contributed by atoms with van der Waals surface area (Å²) >= 11 is 0. The van der Waals surface area contributed by atoms with E-state index in [4.69, 9.17) is 10.5 Å². The fourth-order valence-electron chi connectivity index (χ4n) is 1.93. The van der Waals surface area contributed by atoms with Gasteiger partial charge in [-0.15, -0.1) is 0 Å². The highest BCUT2D eigenvalue weighted by Gasteiger charge is 2.05. The maximum absolute atomic E-state index is 12.2. The van der Waals surface area contributed by atoms with Crippen molar-refractivity contribution in [2.24, 2.45) is 5.73 Å². The van der Waals surface area contributed by atoms with E-state index in [-0.39, 0.29) is 5.56 Å². The lowest BCUT2D eigenvalue weighted by Crippen LogP contribution is -2.23. The molecule has 112 valence electrons. The summed E-state index contributed by atoms with van der Waals surface area (Å²) in [5, 5.41) is 3.03. The average molecular weight is 288 g/mol. The highest BCUT2D eigenvalue weighted by atomic mass is 16.5. The largest absolute Gasteiger partial charge is 0.492 e. The molecule has 0 atom stereocenters. The number of aryl methyl sites for hydroxylation is 1. The van der Waals surface area contributed by atoms with Crippen LogP contribution >= 0.6 is 0 Å². The fraction of sp³-hybridized carbons (Fsp3) is 0.333. The highest BCUT2D eigenvalue weighted by molar-refractivity contribution is 5.57. The second kappa shape index (κ2) is 7.44. The van der Waals surface area contributed by atoms with Crippen molar-refractivity contribution in [1.82, 2.24) is 9.55 Å². The molecule has 0 aliphatic rings. The van der Waals surface area contributed by atoms with E-state index in [0.29, 0.717) is 31.3 Å². The summed E-state index contributed by atoms with van der Waals surface area (Å²) in [5.74, 6) is 1.01. The van der Waals surface area contributed by atoms with Gasteiger partial charge in [0.1, 0.15) is 12.4 Å². The van der Waals surface area contributed by atoms with Crippen molar-refractivity contribution < 1.29 is 4.74 Å². The topological polar surface area (TPSA) is 82.2 Å². The average Bonchev–Trinajstić information content (AvgIpc) is 2.50. The summed E-state index contributed by atoms with van der Waals surface area (Å²) in [7, 11) is 0. The van der Waals surface area contributed by atoms with Crippen LogP contribution in [-0.4, -0.2) is 22.7 Å². The number of hydrogen-bond acceptors (Lipinski definition) is 5. The minimum absolute atomic E-state index is 0.132. The van der Waals surface area contributed by atoms with E-state index >= 15 is 0 Å². The number of aromatic nitrogens is 2. The molecule has 6 nitrogen and oxygen atoms in total. The third-order valence-corrected chi connectivity index (χ3v) is 2.86. The van der Waals surface area contributed by atoms with Crippen LogP contribution in [0.25, 0.3) is 0 Å². The van der Waals surface area contributed by atoms with E-state index in [1.165, 1.54) is 0 Å². The van der Waals surface area contributed by atoms with Crippen LogP contribution in [0.1, 0.15) is 13.3 Å². The molecule has 3 N–H and O–H groups in total. The summed E-state index contributed by atoms with van der Waals surface area (Å²) in [5.41, 5.74) is 6.03. The maximum Gasteiger partial charge on any atom is 0.293 e. The maximum atomic E-state index is 12.2. The molecule has 0 fully saturated rings. The van der Waals surface area contributed by atoms with Crippen molar-refractivity contribution in [3.05, 3.63) is 47.0 Å². The van der Waals surface area contributed by atoms with Gasteiger partial charge >= 0.3 is 0 Å². The van der Waals surface area contributed by atoms with Crippen LogP contribution in [0.2, 0.25) is 0 Å². The molecule has 0 aliphatic carbocycles. The van der Waals surface area contributed by atoms with Gasteiger partial charge in [-0.05, 0) is 18.6 Å². The number of anilines is 2. The van der Waals surface area contributed by atoms with Gasteiger partial charge in [-0.25, -0.2) is 4.98 Å². The van der Waals surface area contributed by atoms with Crippen LogP contribution in [0.15, 0.2) is 41.5 Å². The van der Waals surface area contributed by atoms with E-state index in [1.54, 1.807) is 17.0 Å². The number of nitrogens with one attached hydrogen (secondary N) is 1. The Morgan fingerprint density at radius 1 is 1.43 bits per heavy atom. The Morgan fingerprint density at radius 2 is 2.29 bits per heavy atom. The summed E-state index contributed by atoms with van der Waals surface area (Å²) < 4.78 is 7.10. The van der Waals surface area contributed by atoms with Crippen LogP contribution in [-0.2, 0) is 6.54 Å². The van der Waals surface area contributed by atoms with E-state index < -0.39 is 0 Å². The van der Waals surface area contributed by atoms with Crippen molar-refractivity contribution >= 4 is 11.5 Å². The summed E-state index contributed by atoms with van der Waals surface area (Å²) in [6.07, 6.45) is 4.21. The number of ether oxygens (including phenoxy) is 1. The molecule has 0 aliphatic heterocycles. The SMILES string of the molecule is CCCn1ccnc(Nc2cccc(OCCN)c2)c1=O. The molecular formula is C15H20N4O2. The smallest absolute Gasteiger partial charge is 0.293 e. The predicted molar refractivity (Wildman–Crippen MR) is 83.1 cm³/mol. The fourth-order valence-corrected chi connectivity index (χ4v) is 1.93. The number of benzene rings is 1. The van der Waals surface area contributed by atoms with Gasteiger partial charge in [-0.2, -0.15) is 0 Å². The van der Waals surface area contributed by atoms with Gasteiger partial charge in [0.15, 0.2) is 5.82 Å². The zero-order valence-corrected chi connectivity index (χ0v) is 12.1. The van der Waals surface area contributed by atoms with Gasteiger partial charge in [0.05, 0.1) is 0 Å². The molecule has 0 bridgehead atoms. The molecule has 0 saturated carbocycles. The zero-order chi connectivity index (χ0) is 15.1. The Morgan fingerprint density at radius 3 is 3.05 bits per heavy atom. The van der Waals surface area contributed by atoms with Gasteiger partial charge in [-0.1, -0.05) is 13.0 Å². The van der Waals surface area contributed by atoms with Crippen molar-refractivity contribution in [2.45, 2.75) is 19.9 Å². The Kier molecular flexibility index (Phi) is 5.34. The lowest BCUT2D eigenvalue weighted by molar-refractivity contribution is 0.328. The monoisotopic (exact) mass is 288 g/mol. The summed E-state index contributed by atoms with van der Waals surface area (Å²) in [4.78, 5) is 16.3. The molecule has 1 heterocycles. The lowest BCUT2D eigenvalue weighted by atomic mass is 10.3. The molecule has 0 spiro atoms. The second-order valence-corrected chi connectivity index (χ2v) is 4.56. The molecule has 6 heteroatoms. The first kappa shape index (κ1) is 15.1. The Balaban J connectivity index is 2.18. The number of nitrogens with zero attached hydrogens (tertiary/aromatic N) is 2. The molecular weight excluding hydrogens is 268 g/mol. The van der Waals surface area contributed by atoms with Crippen molar-refractivity contribution in [3.63, 3.8) is 0 Å². The minimum atomic E-state index is -0.132. The second-order valence-electron chi connectivity index (χ2n) is 4.56. The molecule has 0 radical (unpaired) electrons. The number of hydrogen-bond donors (Lipinski definition) is 2. The normalized spacial score (nSPS) is 10.4. The summed E-state index contributed by atoms with van der Waals surface area (Å²) in [6, 6.07) is 7.36. The zero-order valence-electron chi connectivity index (χ0n) is 12.1. The first-order valence-corrected chi connectivity index (χ1v) is 7.00. The molecule has 0 unspecified atom stereocenters. The van der Waals surface area contributed by atoms with Crippen molar-refractivity contribution in [1.29, 1.82) is 0 Å². The molecule has 1 aromatic heterocycles. The Hall–Kier alpha value is -2.34. The molecule has 2 rings (SSSR count). The lowest BCUT2D eigenvalue weighted by Gasteiger charge is -2.10. The van der Waals surface area contributed by atoms with E-state index in [1.807, 2.05) is 31.2 Å². The standard InChI is InChI=1S/C15H20N4O2/c1-2-8-19-9-7-17-14(15(19)20)18-12-4-3-5-13(11-12)21-10-6-16/h3-5,7,9,11H,2,6,8,10,16H2,1H3,(H,17,18). The molecule has 0 saturated heterocycles. The third kappa shape index (κ3) is 4.06. The van der Waals surface area contributed by atoms with Gasteiger partial charge in [0.25, 0.3) is 5.56 Å². The summed E-state index contributed by atoms with van der Waals surface area (Å²) in [6.45, 7) is 3.61. The van der Waals surface area contributed by atoms with Gasteiger partial charge in [-0.3, -0.25) is 4.79 Å². The molecule has 1 aromatic carbocycles. The Bertz CT molecular complexity index is 640. The molecule has 21 heavy (non-hydrogen) atoms. The van der Waals surface area contributed by atoms with E-state index in [0.717, 1.165) is 12.1 Å².